The van der Waals surface area contributed by atoms with Crippen LogP contribution in [0.1, 0.15) is 18.4 Å². The van der Waals surface area contributed by atoms with Gasteiger partial charge in [-0.3, -0.25) is 4.79 Å². The van der Waals surface area contributed by atoms with Crippen molar-refractivity contribution in [2.45, 2.75) is 18.0 Å². The summed E-state index contributed by atoms with van der Waals surface area (Å²) in [4.78, 5) is 11.8. The number of nitrogens with zero attached hydrogens (tertiary/aromatic N) is 5. The van der Waals surface area contributed by atoms with Gasteiger partial charge in [-0.2, -0.15) is 5.26 Å². The van der Waals surface area contributed by atoms with Gasteiger partial charge in [0.2, 0.25) is 11.1 Å². The Kier molecular flexibility index (Phi) is 5.29. The van der Waals surface area contributed by atoms with Crippen LogP contribution in [0, 0.1) is 11.3 Å². The minimum Gasteiger partial charge on any atom is -0.326 e. The molecule has 0 bridgehead atoms. The van der Waals surface area contributed by atoms with Gasteiger partial charge in [-0.1, -0.05) is 11.8 Å². The fraction of sp³-hybridized carbons (Fsp3) is 0.308. The van der Waals surface area contributed by atoms with Gasteiger partial charge in [0.25, 0.3) is 0 Å². The molecular weight excluding hydrogens is 288 g/mol. The van der Waals surface area contributed by atoms with Gasteiger partial charge < -0.3 is 5.32 Å². The number of nitrogens with one attached hydrogen (secondary N) is 1. The molecule has 0 fully saturated rings. The molecule has 1 aromatic carbocycles. The van der Waals surface area contributed by atoms with E-state index in [9.17, 15) is 4.79 Å². The Hall–Kier alpha value is -2.40. The first kappa shape index (κ1) is 15.0. The van der Waals surface area contributed by atoms with Crippen LogP contribution < -0.4 is 5.32 Å². The number of thioether (sulfide) groups is 1. The van der Waals surface area contributed by atoms with Crippen molar-refractivity contribution in [1.82, 2.24) is 20.2 Å². The molecule has 1 amide bonds. The lowest BCUT2D eigenvalue weighted by molar-refractivity contribution is -0.116. The summed E-state index contributed by atoms with van der Waals surface area (Å²) < 4.78 is 1.60. The number of amides is 1. The molecule has 7 nitrogen and oxygen atoms in total. The Labute approximate surface area is 126 Å². The van der Waals surface area contributed by atoms with E-state index < -0.39 is 0 Å². The lowest BCUT2D eigenvalue weighted by Crippen LogP contribution is -2.11. The largest absolute Gasteiger partial charge is 0.326 e. The Morgan fingerprint density at radius 3 is 2.81 bits per heavy atom. The van der Waals surface area contributed by atoms with Gasteiger partial charge in [0.15, 0.2) is 0 Å². The van der Waals surface area contributed by atoms with Gasteiger partial charge in [-0.25, -0.2) is 4.68 Å². The van der Waals surface area contributed by atoms with Crippen LogP contribution in [0.2, 0.25) is 0 Å². The molecule has 1 heterocycles. The molecule has 0 unspecified atom stereocenters. The monoisotopic (exact) mass is 302 g/mol. The minimum atomic E-state index is -0.0450. The van der Waals surface area contributed by atoms with Crippen molar-refractivity contribution >= 4 is 23.4 Å². The van der Waals surface area contributed by atoms with Crippen LogP contribution in [0.25, 0.3) is 0 Å². The van der Waals surface area contributed by atoms with Gasteiger partial charge in [-0.15, -0.1) is 5.10 Å². The maximum absolute atomic E-state index is 11.8. The molecule has 8 heteroatoms. The second kappa shape index (κ2) is 7.40. The standard InChI is InChI=1S/C13H14N6OS/c1-19-13(16-17-18-19)21-8-2-3-12(20)15-11-6-4-10(9-14)5-7-11/h4-7H,2-3,8H2,1H3,(H,15,20). The SMILES string of the molecule is Cn1nnnc1SCCCC(=O)Nc1ccc(C#N)cc1. The fourth-order valence-corrected chi connectivity index (χ4v) is 2.38. The Balaban J connectivity index is 1.70. The number of benzene rings is 1. The summed E-state index contributed by atoms with van der Waals surface area (Å²) in [6.07, 6.45) is 1.16. The van der Waals surface area contributed by atoms with Crippen molar-refractivity contribution in [2.24, 2.45) is 7.05 Å². The fourth-order valence-electron chi connectivity index (χ4n) is 1.59. The smallest absolute Gasteiger partial charge is 0.224 e. The van der Waals surface area contributed by atoms with Gasteiger partial charge in [0.05, 0.1) is 11.6 Å². The zero-order valence-corrected chi connectivity index (χ0v) is 12.3. The highest BCUT2D eigenvalue weighted by molar-refractivity contribution is 7.99. The topological polar surface area (TPSA) is 96.5 Å². The Morgan fingerprint density at radius 1 is 1.43 bits per heavy atom. The zero-order valence-electron chi connectivity index (χ0n) is 11.5. The van der Waals surface area contributed by atoms with E-state index >= 15 is 0 Å². The molecule has 0 aliphatic rings. The van der Waals surface area contributed by atoms with Gasteiger partial charge >= 0.3 is 0 Å². The van der Waals surface area contributed by atoms with Crippen LogP contribution in [0.15, 0.2) is 29.4 Å². The number of nitriles is 1. The molecule has 0 radical (unpaired) electrons. The number of rotatable bonds is 6. The first-order chi connectivity index (χ1) is 10.2. The summed E-state index contributed by atoms with van der Waals surface area (Å²) in [5, 5.41) is 23.4. The average Bonchev–Trinajstić information content (AvgIpc) is 2.90. The van der Waals surface area contributed by atoms with E-state index in [-0.39, 0.29) is 5.91 Å². The van der Waals surface area contributed by atoms with Crippen LogP contribution in [0.5, 0.6) is 0 Å². The molecule has 0 saturated heterocycles. The predicted molar refractivity (Wildman–Crippen MR) is 78.5 cm³/mol. The number of anilines is 1. The van der Waals surface area contributed by atoms with E-state index in [2.05, 4.69) is 20.8 Å². The third kappa shape index (κ3) is 4.57. The van der Waals surface area contributed by atoms with Crippen LogP contribution in [0.3, 0.4) is 0 Å². The van der Waals surface area contributed by atoms with Crippen molar-refractivity contribution in [2.75, 3.05) is 11.1 Å². The molecule has 0 atom stereocenters. The summed E-state index contributed by atoms with van der Waals surface area (Å²) in [6.45, 7) is 0. The van der Waals surface area contributed by atoms with E-state index in [1.165, 1.54) is 11.8 Å². The first-order valence-corrected chi connectivity index (χ1v) is 7.33. The Bertz CT molecular complexity index is 645. The highest BCUT2D eigenvalue weighted by Gasteiger charge is 2.05. The van der Waals surface area contributed by atoms with E-state index in [0.29, 0.717) is 17.7 Å². The normalized spacial score (nSPS) is 10.1. The number of carbonyl (C=O) groups is 1. The summed E-state index contributed by atoms with van der Waals surface area (Å²) in [6, 6.07) is 8.82. The molecule has 1 N–H and O–H groups in total. The van der Waals surface area contributed by atoms with E-state index in [1.54, 1.807) is 36.0 Å². The molecule has 1 aromatic heterocycles. The van der Waals surface area contributed by atoms with E-state index in [1.807, 2.05) is 6.07 Å². The molecule has 0 saturated carbocycles. The van der Waals surface area contributed by atoms with Crippen molar-refractivity contribution < 1.29 is 4.79 Å². The number of hydrogen-bond acceptors (Lipinski definition) is 6. The van der Waals surface area contributed by atoms with Crippen LogP contribution in [-0.4, -0.2) is 31.9 Å². The first-order valence-electron chi connectivity index (χ1n) is 6.34. The highest BCUT2D eigenvalue weighted by Crippen LogP contribution is 2.15. The molecule has 0 spiro atoms. The van der Waals surface area contributed by atoms with Gasteiger partial charge in [-0.05, 0) is 41.1 Å². The second-order valence-corrected chi connectivity index (χ2v) is 5.34. The summed E-state index contributed by atoms with van der Waals surface area (Å²) in [5.74, 6) is 0.728. The molecule has 0 aliphatic heterocycles. The van der Waals surface area contributed by atoms with Crippen molar-refractivity contribution in [1.29, 1.82) is 5.26 Å². The zero-order chi connectivity index (χ0) is 15.1. The Morgan fingerprint density at radius 2 is 2.19 bits per heavy atom. The molecule has 0 aliphatic carbocycles. The van der Waals surface area contributed by atoms with E-state index in [0.717, 1.165) is 17.3 Å². The lowest BCUT2D eigenvalue weighted by Gasteiger charge is -2.05. The van der Waals surface area contributed by atoms with Gasteiger partial charge in [0.1, 0.15) is 0 Å². The van der Waals surface area contributed by atoms with Crippen molar-refractivity contribution in [3.63, 3.8) is 0 Å². The van der Waals surface area contributed by atoms with Crippen molar-refractivity contribution in [3.05, 3.63) is 29.8 Å². The molecule has 2 aromatic rings. The summed E-state index contributed by atoms with van der Waals surface area (Å²) in [5.41, 5.74) is 1.27. The lowest BCUT2D eigenvalue weighted by atomic mass is 10.2. The highest BCUT2D eigenvalue weighted by atomic mass is 32.2. The summed E-state index contributed by atoms with van der Waals surface area (Å²) in [7, 11) is 1.78. The quantitative estimate of drug-likeness (QED) is 0.643. The third-order valence-electron chi connectivity index (χ3n) is 2.66. The number of carbonyl (C=O) groups excluding carboxylic acids is 1. The van der Waals surface area contributed by atoms with Gasteiger partial charge in [0, 0.05) is 24.9 Å². The molecule has 108 valence electrons. The maximum atomic E-state index is 11.8. The summed E-state index contributed by atoms with van der Waals surface area (Å²) >= 11 is 1.52. The number of aryl methyl sites for hydroxylation is 1. The van der Waals surface area contributed by atoms with Crippen LogP contribution >= 0.6 is 11.8 Å². The second-order valence-electron chi connectivity index (χ2n) is 4.27. The third-order valence-corrected chi connectivity index (χ3v) is 3.76. The average molecular weight is 302 g/mol. The molecule has 21 heavy (non-hydrogen) atoms. The minimum absolute atomic E-state index is 0.0450. The van der Waals surface area contributed by atoms with Crippen LogP contribution in [-0.2, 0) is 11.8 Å². The predicted octanol–water partition coefficient (Wildman–Crippen LogP) is 1.59. The van der Waals surface area contributed by atoms with Crippen molar-refractivity contribution in [3.8, 4) is 6.07 Å². The molecule has 2 rings (SSSR count). The number of tetrazole rings is 1. The number of hydrogen-bond donors (Lipinski definition) is 1. The number of aromatic nitrogens is 4. The van der Waals surface area contributed by atoms with Crippen LogP contribution in [0.4, 0.5) is 5.69 Å². The molecular formula is C13H14N6OS. The van der Waals surface area contributed by atoms with E-state index in [4.69, 9.17) is 5.26 Å². The maximum Gasteiger partial charge on any atom is 0.224 e.